The molecule has 29 heavy (non-hydrogen) atoms. The number of hydrogen-bond acceptors (Lipinski definition) is 7. The monoisotopic (exact) mass is 397 g/mol. The molecule has 1 fully saturated rings. The minimum absolute atomic E-state index is 0.000576. The maximum atomic E-state index is 13.7. The van der Waals surface area contributed by atoms with Crippen molar-refractivity contribution in [3.05, 3.63) is 60.1 Å². The summed E-state index contributed by atoms with van der Waals surface area (Å²) in [5, 5.41) is 3.88. The molecule has 0 aliphatic carbocycles. The number of aromatic nitrogens is 4. The van der Waals surface area contributed by atoms with Gasteiger partial charge in [0.15, 0.2) is 0 Å². The van der Waals surface area contributed by atoms with Gasteiger partial charge in [-0.05, 0) is 24.5 Å². The van der Waals surface area contributed by atoms with Gasteiger partial charge in [-0.1, -0.05) is 23.4 Å². The summed E-state index contributed by atoms with van der Waals surface area (Å²) in [6.45, 7) is 1.35. The lowest BCUT2D eigenvalue weighted by Crippen LogP contribution is -2.41. The molecule has 2 aromatic heterocycles. The van der Waals surface area contributed by atoms with Crippen molar-refractivity contribution in [3.8, 4) is 11.5 Å². The molecule has 3 aromatic rings. The number of likely N-dealkylation sites (tertiary alicyclic amines) is 1. The van der Waals surface area contributed by atoms with Crippen LogP contribution in [-0.2, 0) is 22.6 Å². The van der Waals surface area contributed by atoms with E-state index in [-0.39, 0.29) is 30.9 Å². The van der Waals surface area contributed by atoms with Gasteiger partial charge in [0.25, 0.3) is 5.89 Å². The SMILES string of the molecule is O=C(Cc1ccccc1F)N1CCC(OCc2nc(-c3cnccn3)no2)CC1. The van der Waals surface area contributed by atoms with Crippen molar-refractivity contribution >= 4 is 5.91 Å². The van der Waals surface area contributed by atoms with E-state index in [2.05, 4.69) is 20.1 Å². The Kier molecular flexibility index (Phi) is 5.85. The average Bonchev–Trinajstić information content (AvgIpc) is 3.24. The molecular weight excluding hydrogens is 377 g/mol. The Balaban J connectivity index is 1.24. The van der Waals surface area contributed by atoms with Gasteiger partial charge in [-0.25, -0.2) is 9.37 Å². The van der Waals surface area contributed by atoms with E-state index in [0.717, 1.165) is 0 Å². The Morgan fingerprint density at radius 1 is 1.24 bits per heavy atom. The van der Waals surface area contributed by atoms with Crippen molar-refractivity contribution in [2.24, 2.45) is 0 Å². The molecule has 3 heterocycles. The van der Waals surface area contributed by atoms with Crippen molar-refractivity contribution in [2.45, 2.75) is 32.0 Å². The van der Waals surface area contributed by atoms with Gasteiger partial charge < -0.3 is 14.2 Å². The van der Waals surface area contributed by atoms with E-state index in [4.69, 9.17) is 9.26 Å². The quantitative estimate of drug-likeness (QED) is 0.630. The molecular formula is C20H20FN5O3. The predicted octanol–water partition coefficient (Wildman–Crippen LogP) is 2.42. The van der Waals surface area contributed by atoms with Crippen LogP contribution >= 0.6 is 0 Å². The molecule has 0 spiro atoms. The fraction of sp³-hybridized carbons (Fsp3) is 0.350. The van der Waals surface area contributed by atoms with Crippen LogP contribution in [0.15, 0.2) is 47.4 Å². The minimum Gasteiger partial charge on any atom is -0.368 e. The molecule has 150 valence electrons. The lowest BCUT2D eigenvalue weighted by atomic mass is 10.1. The third-order valence-electron chi connectivity index (χ3n) is 4.80. The molecule has 1 aliphatic rings. The van der Waals surface area contributed by atoms with Gasteiger partial charge >= 0.3 is 0 Å². The molecule has 4 rings (SSSR count). The van der Waals surface area contributed by atoms with Gasteiger partial charge in [0.05, 0.1) is 18.7 Å². The van der Waals surface area contributed by atoms with E-state index in [1.807, 2.05) is 0 Å². The van der Waals surface area contributed by atoms with Crippen LogP contribution in [0.25, 0.3) is 11.5 Å². The zero-order valence-electron chi connectivity index (χ0n) is 15.7. The Morgan fingerprint density at radius 2 is 2.07 bits per heavy atom. The highest BCUT2D eigenvalue weighted by atomic mass is 19.1. The Hall–Kier alpha value is -3.20. The van der Waals surface area contributed by atoms with Crippen LogP contribution in [0.4, 0.5) is 4.39 Å². The largest absolute Gasteiger partial charge is 0.368 e. The van der Waals surface area contributed by atoms with E-state index in [0.29, 0.717) is 48.9 Å². The van der Waals surface area contributed by atoms with Crippen molar-refractivity contribution in [1.82, 2.24) is 25.0 Å². The van der Waals surface area contributed by atoms with Gasteiger partial charge in [-0.2, -0.15) is 4.98 Å². The number of nitrogens with zero attached hydrogens (tertiary/aromatic N) is 5. The first-order valence-corrected chi connectivity index (χ1v) is 9.41. The lowest BCUT2D eigenvalue weighted by Gasteiger charge is -2.31. The second kappa shape index (κ2) is 8.87. The third kappa shape index (κ3) is 4.80. The van der Waals surface area contributed by atoms with Gasteiger partial charge in [-0.15, -0.1) is 0 Å². The zero-order valence-corrected chi connectivity index (χ0v) is 15.7. The topological polar surface area (TPSA) is 94.2 Å². The Labute approximate surface area is 166 Å². The fourth-order valence-electron chi connectivity index (χ4n) is 3.21. The summed E-state index contributed by atoms with van der Waals surface area (Å²) < 4.78 is 24.8. The summed E-state index contributed by atoms with van der Waals surface area (Å²) in [6, 6.07) is 6.36. The second-order valence-electron chi connectivity index (χ2n) is 6.76. The van der Waals surface area contributed by atoms with Gasteiger partial charge in [0.1, 0.15) is 18.1 Å². The molecule has 9 heteroatoms. The molecule has 1 saturated heterocycles. The summed E-state index contributed by atoms with van der Waals surface area (Å²) in [4.78, 5) is 26.5. The summed E-state index contributed by atoms with van der Waals surface area (Å²) in [7, 11) is 0. The van der Waals surface area contributed by atoms with Gasteiger partial charge in [0, 0.05) is 25.5 Å². The maximum absolute atomic E-state index is 13.7. The summed E-state index contributed by atoms with van der Waals surface area (Å²) in [5.74, 6) is 0.313. The number of piperidine rings is 1. The number of hydrogen-bond donors (Lipinski definition) is 0. The van der Waals surface area contributed by atoms with E-state index in [9.17, 15) is 9.18 Å². The molecule has 0 radical (unpaired) electrons. The molecule has 1 aromatic carbocycles. The Bertz CT molecular complexity index is 958. The molecule has 0 saturated carbocycles. The van der Waals surface area contributed by atoms with Crippen LogP contribution in [0.5, 0.6) is 0 Å². The van der Waals surface area contributed by atoms with E-state index in [1.165, 1.54) is 6.07 Å². The summed E-state index contributed by atoms with van der Waals surface area (Å²) in [6.07, 6.45) is 6.17. The molecule has 8 nitrogen and oxygen atoms in total. The summed E-state index contributed by atoms with van der Waals surface area (Å²) >= 11 is 0. The standard InChI is InChI=1S/C20H20FN5O3/c21-16-4-2-1-3-14(16)11-19(27)26-9-5-15(6-10-26)28-13-18-24-20(25-29-18)17-12-22-7-8-23-17/h1-4,7-8,12,15H,5-6,9-11,13H2. The number of carbonyl (C=O) groups excluding carboxylic acids is 1. The van der Waals surface area contributed by atoms with Crippen molar-refractivity contribution < 1.29 is 18.4 Å². The highest BCUT2D eigenvalue weighted by molar-refractivity contribution is 5.78. The van der Waals surface area contributed by atoms with Crippen LogP contribution < -0.4 is 0 Å². The number of benzene rings is 1. The number of carbonyl (C=O) groups is 1. The predicted molar refractivity (Wildman–Crippen MR) is 99.8 cm³/mol. The number of ether oxygens (including phenoxy) is 1. The average molecular weight is 397 g/mol. The van der Waals surface area contributed by atoms with E-state index in [1.54, 1.807) is 41.7 Å². The fourth-order valence-corrected chi connectivity index (χ4v) is 3.21. The lowest BCUT2D eigenvalue weighted by molar-refractivity contribution is -0.133. The molecule has 1 amide bonds. The zero-order chi connectivity index (χ0) is 20.1. The van der Waals surface area contributed by atoms with E-state index < -0.39 is 0 Å². The van der Waals surface area contributed by atoms with Crippen LogP contribution in [0.3, 0.4) is 0 Å². The number of halogens is 1. The number of rotatable bonds is 6. The molecule has 0 unspecified atom stereocenters. The van der Waals surface area contributed by atoms with Gasteiger partial charge in [0.2, 0.25) is 11.7 Å². The molecule has 1 aliphatic heterocycles. The van der Waals surface area contributed by atoms with Crippen LogP contribution in [0.2, 0.25) is 0 Å². The number of amides is 1. The van der Waals surface area contributed by atoms with Crippen LogP contribution in [0.1, 0.15) is 24.3 Å². The molecule has 0 atom stereocenters. The molecule has 0 N–H and O–H groups in total. The van der Waals surface area contributed by atoms with Crippen molar-refractivity contribution in [1.29, 1.82) is 0 Å². The smallest absolute Gasteiger partial charge is 0.253 e. The minimum atomic E-state index is -0.348. The van der Waals surface area contributed by atoms with Crippen LogP contribution in [-0.4, -0.2) is 50.1 Å². The first kappa shape index (κ1) is 19.1. The summed E-state index contributed by atoms with van der Waals surface area (Å²) in [5.41, 5.74) is 0.954. The maximum Gasteiger partial charge on any atom is 0.253 e. The normalized spacial score (nSPS) is 14.9. The van der Waals surface area contributed by atoms with Crippen LogP contribution in [0, 0.1) is 5.82 Å². The Morgan fingerprint density at radius 3 is 2.83 bits per heavy atom. The molecule has 0 bridgehead atoms. The van der Waals surface area contributed by atoms with Crippen molar-refractivity contribution in [2.75, 3.05) is 13.1 Å². The second-order valence-corrected chi connectivity index (χ2v) is 6.76. The van der Waals surface area contributed by atoms with E-state index >= 15 is 0 Å². The first-order valence-electron chi connectivity index (χ1n) is 9.41. The van der Waals surface area contributed by atoms with Gasteiger partial charge in [-0.3, -0.25) is 9.78 Å². The first-order chi connectivity index (χ1) is 14.2. The van der Waals surface area contributed by atoms with Crippen molar-refractivity contribution in [3.63, 3.8) is 0 Å². The third-order valence-corrected chi connectivity index (χ3v) is 4.80. The highest BCUT2D eigenvalue weighted by Gasteiger charge is 2.24. The highest BCUT2D eigenvalue weighted by Crippen LogP contribution is 2.18.